The van der Waals surface area contributed by atoms with E-state index in [2.05, 4.69) is 17.5 Å². The van der Waals surface area contributed by atoms with Crippen LogP contribution in [0.2, 0.25) is 0 Å². The van der Waals surface area contributed by atoms with Crippen molar-refractivity contribution in [3.8, 4) is 5.75 Å². The van der Waals surface area contributed by atoms with Crippen molar-refractivity contribution >= 4 is 12.1 Å². The van der Waals surface area contributed by atoms with Gasteiger partial charge in [-0.15, -0.1) is 0 Å². The number of benzene rings is 2. The molecule has 0 aromatic heterocycles. The average Bonchev–Trinajstić information content (AvgIpc) is 2.65. The van der Waals surface area contributed by atoms with Crippen LogP contribution in [0.5, 0.6) is 5.75 Å². The van der Waals surface area contributed by atoms with Crippen molar-refractivity contribution in [1.29, 1.82) is 0 Å². The molecular weight excluding hydrogens is 316 g/mol. The van der Waals surface area contributed by atoms with Crippen LogP contribution in [0.1, 0.15) is 37.0 Å². The fourth-order valence-corrected chi connectivity index (χ4v) is 2.24. The Morgan fingerprint density at radius 1 is 1.16 bits per heavy atom. The van der Waals surface area contributed by atoms with E-state index in [1.807, 2.05) is 54.6 Å². The van der Waals surface area contributed by atoms with Gasteiger partial charge in [-0.25, -0.2) is 5.43 Å². The van der Waals surface area contributed by atoms with Crippen molar-refractivity contribution in [2.45, 2.75) is 25.9 Å². The molecule has 0 fully saturated rings. The van der Waals surface area contributed by atoms with Crippen molar-refractivity contribution in [3.05, 3.63) is 65.7 Å². The van der Waals surface area contributed by atoms with Crippen molar-refractivity contribution in [1.82, 2.24) is 5.43 Å². The second kappa shape index (κ2) is 10.3. The van der Waals surface area contributed by atoms with Gasteiger partial charge in [0.25, 0.3) is 5.91 Å². The van der Waals surface area contributed by atoms with E-state index in [0.717, 1.165) is 36.3 Å². The Kier molecular flexibility index (Phi) is 7.66. The highest BCUT2D eigenvalue weighted by Crippen LogP contribution is 2.16. The highest BCUT2D eigenvalue weighted by molar-refractivity contribution is 5.85. The molecule has 5 nitrogen and oxygen atoms in total. The Morgan fingerprint density at radius 2 is 1.88 bits per heavy atom. The predicted molar refractivity (Wildman–Crippen MR) is 98.8 cm³/mol. The fraction of sp³-hybridized carbons (Fsp3) is 0.300. The predicted octanol–water partition coefficient (Wildman–Crippen LogP) is 3.70. The second-order valence-electron chi connectivity index (χ2n) is 5.53. The summed E-state index contributed by atoms with van der Waals surface area (Å²) in [6, 6.07) is 16.9. The lowest BCUT2D eigenvalue weighted by atomic mass is 10.1. The maximum Gasteiger partial charge on any atom is 0.273 e. The van der Waals surface area contributed by atoms with E-state index >= 15 is 0 Å². The van der Waals surface area contributed by atoms with Gasteiger partial charge in [0.15, 0.2) is 6.10 Å². The number of hydrazone groups is 1. The zero-order valence-electron chi connectivity index (χ0n) is 14.6. The van der Waals surface area contributed by atoms with Crippen molar-refractivity contribution < 1.29 is 14.3 Å². The van der Waals surface area contributed by atoms with E-state index in [1.165, 1.54) is 7.11 Å². The van der Waals surface area contributed by atoms with Crippen LogP contribution in [0, 0.1) is 0 Å². The van der Waals surface area contributed by atoms with E-state index < -0.39 is 6.10 Å². The lowest BCUT2D eigenvalue weighted by molar-refractivity contribution is -0.131. The SMILES string of the molecule is CCCCOc1ccc(/C=N/NC(=O)[C@@H](OC)c2ccccc2)cc1. The van der Waals surface area contributed by atoms with Crippen molar-refractivity contribution in [2.24, 2.45) is 5.10 Å². The van der Waals surface area contributed by atoms with E-state index in [0.29, 0.717) is 0 Å². The highest BCUT2D eigenvalue weighted by Gasteiger charge is 2.18. The molecule has 0 saturated carbocycles. The topological polar surface area (TPSA) is 59.9 Å². The molecule has 0 unspecified atom stereocenters. The number of nitrogens with zero attached hydrogens (tertiary/aromatic N) is 1. The number of carbonyl (C=O) groups excluding carboxylic acids is 1. The summed E-state index contributed by atoms with van der Waals surface area (Å²) in [6.07, 6.45) is 3.05. The molecule has 1 N–H and O–H groups in total. The Labute approximate surface area is 148 Å². The molecule has 25 heavy (non-hydrogen) atoms. The van der Waals surface area contributed by atoms with Crippen molar-refractivity contribution in [3.63, 3.8) is 0 Å². The molecule has 0 spiro atoms. The molecule has 0 aliphatic rings. The number of nitrogens with one attached hydrogen (secondary N) is 1. The van der Waals surface area contributed by atoms with Gasteiger partial charge in [-0.3, -0.25) is 4.79 Å². The summed E-state index contributed by atoms with van der Waals surface area (Å²) >= 11 is 0. The fourth-order valence-electron chi connectivity index (χ4n) is 2.24. The highest BCUT2D eigenvalue weighted by atomic mass is 16.5. The number of hydrogen-bond donors (Lipinski definition) is 1. The monoisotopic (exact) mass is 340 g/mol. The Morgan fingerprint density at radius 3 is 2.52 bits per heavy atom. The summed E-state index contributed by atoms with van der Waals surface area (Å²) in [6.45, 7) is 2.85. The molecule has 0 aliphatic heterocycles. The normalized spacial score (nSPS) is 12.1. The standard InChI is InChI=1S/C20H24N2O3/c1-3-4-14-25-18-12-10-16(11-13-18)15-21-22-20(23)19(24-2)17-8-6-5-7-9-17/h5-13,15,19H,3-4,14H2,1-2H3,(H,22,23)/b21-15+/t19-/m0/s1. The zero-order valence-corrected chi connectivity index (χ0v) is 14.6. The van der Waals surface area contributed by atoms with Gasteiger partial charge < -0.3 is 9.47 Å². The van der Waals surface area contributed by atoms with Gasteiger partial charge in [0.1, 0.15) is 5.75 Å². The first-order chi connectivity index (χ1) is 12.2. The molecule has 5 heteroatoms. The number of amides is 1. The number of unbranched alkanes of at least 4 members (excludes halogenated alkanes) is 1. The third kappa shape index (κ3) is 6.04. The molecule has 2 aromatic rings. The van der Waals surface area contributed by atoms with Crippen LogP contribution in [-0.4, -0.2) is 25.8 Å². The van der Waals surface area contributed by atoms with E-state index in [1.54, 1.807) is 6.21 Å². The minimum atomic E-state index is -0.687. The van der Waals surface area contributed by atoms with Crippen LogP contribution in [0.3, 0.4) is 0 Å². The summed E-state index contributed by atoms with van der Waals surface area (Å²) < 4.78 is 10.9. The van der Waals surface area contributed by atoms with Crippen LogP contribution >= 0.6 is 0 Å². The van der Waals surface area contributed by atoms with Gasteiger partial charge >= 0.3 is 0 Å². The van der Waals surface area contributed by atoms with Crippen LogP contribution in [0.15, 0.2) is 59.7 Å². The molecule has 2 aromatic carbocycles. The molecule has 0 bridgehead atoms. The number of carbonyl (C=O) groups is 1. The quantitative estimate of drug-likeness (QED) is 0.430. The molecule has 2 rings (SSSR count). The minimum Gasteiger partial charge on any atom is -0.494 e. The van der Waals surface area contributed by atoms with Gasteiger partial charge in [0.2, 0.25) is 0 Å². The molecule has 132 valence electrons. The zero-order chi connectivity index (χ0) is 17.9. The average molecular weight is 340 g/mol. The van der Waals surface area contributed by atoms with E-state index in [-0.39, 0.29) is 5.91 Å². The first kappa shape index (κ1) is 18.7. The summed E-state index contributed by atoms with van der Waals surface area (Å²) in [5.74, 6) is 0.516. The molecule has 1 atom stereocenters. The van der Waals surface area contributed by atoms with Crippen LogP contribution in [-0.2, 0) is 9.53 Å². The Hall–Kier alpha value is -2.66. The molecule has 1 amide bonds. The smallest absolute Gasteiger partial charge is 0.273 e. The summed E-state index contributed by atoms with van der Waals surface area (Å²) in [7, 11) is 1.50. The molecular formula is C20H24N2O3. The second-order valence-corrected chi connectivity index (χ2v) is 5.53. The van der Waals surface area contributed by atoms with Gasteiger partial charge in [0, 0.05) is 7.11 Å². The van der Waals surface area contributed by atoms with Gasteiger partial charge in [-0.05, 0) is 41.8 Å². The molecule has 0 radical (unpaired) electrons. The third-order valence-electron chi connectivity index (χ3n) is 3.61. The number of rotatable bonds is 9. The first-order valence-corrected chi connectivity index (χ1v) is 8.38. The molecule has 0 saturated heterocycles. The Balaban J connectivity index is 1.88. The van der Waals surface area contributed by atoms with E-state index in [4.69, 9.17) is 9.47 Å². The van der Waals surface area contributed by atoms with Crippen LogP contribution in [0.25, 0.3) is 0 Å². The van der Waals surface area contributed by atoms with Gasteiger partial charge in [-0.1, -0.05) is 43.7 Å². The van der Waals surface area contributed by atoms with E-state index in [9.17, 15) is 4.79 Å². The first-order valence-electron chi connectivity index (χ1n) is 8.38. The van der Waals surface area contributed by atoms with Crippen LogP contribution in [0.4, 0.5) is 0 Å². The van der Waals surface area contributed by atoms with Gasteiger partial charge in [0.05, 0.1) is 12.8 Å². The number of ether oxygens (including phenoxy) is 2. The Bertz CT molecular complexity index is 669. The maximum atomic E-state index is 12.2. The summed E-state index contributed by atoms with van der Waals surface area (Å²) in [5, 5.41) is 4.00. The van der Waals surface area contributed by atoms with Gasteiger partial charge in [-0.2, -0.15) is 5.10 Å². The third-order valence-corrected chi connectivity index (χ3v) is 3.61. The minimum absolute atomic E-state index is 0.315. The lowest BCUT2D eigenvalue weighted by Crippen LogP contribution is -2.26. The maximum absolute atomic E-state index is 12.2. The summed E-state index contributed by atoms with van der Waals surface area (Å²) in [5.41, 5.74) is 4.17. The summed E-state index contributed by atoms with van der Waals surface area (Å²) in [4.78, 5) is 12.2. The number of hydrogen-bond acceptors (Lipinski definition) is 4. The van der Waals surface area contributed by atoms with Crippen molar-refractivity contribution in [2.75, 3.05) is 13.7 Å². The largest absolute Gasteiger partial charge is 0.494 e. The molecule has 0 aliphatic carbocycles. The number of methoxy groups -OCH3 is 1. The lowest BCUT2D eigenvalue weighted by Gasteiger charge is -2.13. The molecule has 0 heterocycles. The van der Waals surface area contributed by atoms with Crippen LogP contribution < -0.4 is 10.2 Å².